The van der Waals surface area contributed by atoms with Gasteiger partial charge >= 0.3 is 0 Å². The van der Waals surface area contributed by atoms with Crippen LogP contribution in [0.3, 0.4) is 0 Å². The van der Waals surface area contributed by atoms with Crippen LogP contribution < -0.4 is 14.2 Å². The van der Waals surface area contributed by atoms with E-state index >= 15 is 0 Å². The third-order valence-corrected chi connectivity index (χ3v) is 3.95. The number of benzene rings is 2. The molecule has 22 heavy (non-hydrogen) atoms. The van der Waals surface area contributed by atoms with Gasteiger partial charge in [-0.05, 0) is 67.1 Å². The van der Waals surface area contributed by atoms with Gasteiger partial charge in [0.2, 0.25) is 0 Å². The normalized spacial score (nSPS) is 10.4. The summed E-state index contributed by atoms with van der Waals surface area (Å²) in [6.07, 6.45) is 1.82. The quantitative estimate of drug-likeness (QED) is 0.803. The molecule has 0 unspecified atom stereocenters. The Kier molecular flexibility index (Phi) is 5.31. The Balaban J connectivity index is 2.20. The lowest BCUT2D eigenvalue weighted by Gasteiger charge is -2.13. The highest BCUT2D eigenvalue weighted by Crippen LogP contribution is 2.29. The van der Waals surface area contributed by atoms with Crippen LogP contribution in [0.15, 0.2) is 30.3 Å². The third kappa shape index (κ3) is 3.53. The van der Waals surface area contributed by atoms with Crippen molar-refractivity contribution in [3.05, 3.63) is 52.6 Å². The summed E-state index contributed by atoms with van der Waals surface area (Å²) in [7, 11) is 5.11. The van der Waals surface area contributed by atoms with Crippen LogP contribution in [0, 0.1) is 13.8 Å². The molecule has 2 rings (SSSR count). The molecule has 0 fully saturated rings. The Bertz CT molecular complexity index is 647. The largest absolute Gasteiger partial charge is 0.496 e. The van der Waals surface area contributed by atoms with Crippen molar-refractivity contribution in [3.8, 4) is 17.2 Å². The molecule has 0 aromatic heterocycles. The van der Waals surface area contributed by atoms with Crippen LogP contribution in [0.2, 0.25) is 0 Å². The molecule has 0 aliphatic rings. The summed E-state index contributed by atoms with van der Waals surface area (Å²) in [5, 5.41) is 0. The van der Waals surface area contributed by atoms with Gasteiger partial charge in [0.25, 0.3) is 0 Å². The van der Waals surface area contributed by atoms with Gasteiger partial charge in [-0.15, -0.1) is 0 Å². The summed E-state index contributed by atoms with van der Waals surface area (Å²) in [6.45, 7) is 4.08. The van der Waals surface area contributed by atoms with E-state index in [9.17, 15) is 0 Å². The summed E-state index contributed by atoms with van der Waals surface area (Å²) >= 11 is 0. The van der Waals surface area contributed by atoms with Gasteiger partial charge in [0.1, 0.15) is 17.2 Å². The molecule has 0 N–H and O–H groups in total. The molecule has 0 heterocycles. The van der Waals surface area contributed by atoms with Crippen molar-refractivity contribution in [3.63, 3.8) is 0 Å². The van der Waals surface area contributed by atoms with Gasteiger partial charge in [0, 0.05) is 0 Å². The summed E-state index contributed by atoms with van der Waals surface area (Å²) in [6, 6.07) is 10.5. The molecule has 3 nitrogen and oxygen atoms in total. The first-order chi connectivity index (χ1) is 10.6. The summed E-state index contributed by atoms with van der Waals surface area (Å²) < 4.78 is 16.3. The van der Waals surface area contributed by atoms with Crippen LogP contribution in [0.25, 0.3) is 0 Å². The number of hydrogen-bond acceptors (Lipinski definition) is 3. The van der Waals surface area contributed by atoms with Crippen molar-refractivity contribution in [2.24, 2.45) is 0 Å². The monoisotopic (exact) mass is 300 g/mol. The molecule has 2 aromatic rings. The van der Waals surface area contributed by atoms with Gasteiger partial charge < -0.3 is 14.2 Å². The van der Waals surface area contributed by atoms with E-state index in [0.29, 0.717) is 0 Å². The zero-order chi connectivity index (χ0) is 16.1. The number of methoxy groups -OCH3 is 3. The minimum Gasteiger partial charge on any atom is -0.496 e. The molecule has 0 aliphatic heterocycles. The first kappa shape index (κ1) is 16.2. The molecule has 0 saturated carbocycles. The second-order valence-corrected chi connectivity index (χ2v) is 5.44. The van der Waals surface area contributed by atoms with Gasteiger partial charge in [-0.25, -0.2) is 0 Å². The minimum atomic E-state index is 0.895. The molecule has 0 bridgehead atoms. The summed E-state index contributed by atoms with van der Waals surface area (Å²) in [4.78, 5) is 0. The minimum absolute atomic E-state index is 0.895. The summed E-state index contributed by atoms with van der Waals surface area (Å²) in [5.41, 5.74) is 4.65. The maximum absolute atomic E-state index is 5.50. The van der Waals surface area contributed by atoms with Crippen LogP contribution >= 0.6 is 0 Å². The Morgan fingerprint density at radius 1 is 0.682 bits per heavy atom. The highest BCUT2D eigenvalue weighted by molar-refractivity contribution is 5.46. The second-order valence-electron chi connectivity index (χ2n) is 5.44. The molecule has 3 heteroatoms. The van der Waals surface area contributed by atoms with Gasteiger partial charge in [0.15, 0.2) is 0 Å². The SMILES string of the molecule is COc1cc(CCc2cc(OC)c(C)cc2OC)ccc1C. The Labute approximate surface area is 132 Å². The number of aryl methyl sites for hydroxylation is 4. The average molecular weight is 300 g/mol. The zero-order valence-electron chi connectivity index (χ0n) is 14.0. The molecule has 0 amide bonds. The maximum atomic E-state index is 5.50. The first-order valence-corrected chi connectivity index (χ1v) is 7.44. The van der Waals surface area contributed by atoms with Crippen LogP contribution in [0.1, 0.15) is 22.3 Å². The second kappa shape index (κ2) is 7.21. The van der Waals surface area contributed by atoms with Gasteiger partial charge in [-0.1, -0.05) is 12.1 Å². The van der Waals surface area contributed by atoms with Crippen molar-refractivity contribution in [1.82, 2.24) is 0 Å². The van der Waals surface area contributed by atoms with E-state index in [2.05, 4.69) is 31.2 Å². The number of hydrogen-bond donors (Lipinski definition) is 0. The average Bonchev–Trinajstić information content (AvgIpc) is 2.54. The van der Waals surface area contributed by atoms with Gasteiger partial charge in [0.05, 0.1) is 21.3 Å². The van der Waals surface area contributed by atoms with Crippen LogP contribution in [-0.2, 0) is 12.8 Å². The maximum Gasteiger partial charge on any atom is 0.122 e. The lowest BCUT2D eigenvalue weighted by Crippen LogP contribution is -1.99. The molecule has 0 saturated heterocycles. The molecule has 0 spiro atoms. The van der Waals surface area contributed by atoms with E-state index < -0.39 is 0 Å². The predicted molar refractivity (Wildman–Crippen MR) is 89.4 cm³/mol. The number of rotatable bonds is 6. The van der Waals surface area contributed by atoms with E-state index in [1.165, 1.54) is 5.56 Å². The molecule has 0 radical (unpaired) electrons. The van der Waals surface area contributed by atoms with E-state index in [-0.39, 0.29) is 0 Å². The lowest BCUT2D eigenvalue weighted by molar-refractivity contribution is 0.396. The molecule has 2 aromatic carbocycles. The Morgan fingerprint density at radius 2 is 1.32 bits per heavy atom. The first-order valence-electron chi connectivity index (χ1n) is 7.44. The van der Waals surface area contributed by atoms with Crippen molar-refractivity contribution < 1.29 is 14.2 Å². The van der Waals surface area contributed by atoms with Crippen LogP contribution in [0.5, 0.6) is 17.2 Å². The van der Waals surface area contributed by atoms with E-state index in [0.717, 1.165) is 46.8 Å². The highest BCUT2D eigenvalue weighted by atomic mass is 16.5. The standard InChI is InChI=1S/C19H24O3/c1-13-6-7-15(11-17(13)20-3)8-9-16-12-18(21-4)14(2)10-19(16)22-5/h6-7,10-12H,8-9H2,1-5H3. The summed E-state index contributed by atoms with van der Waals surface area (Å²) in [5.74, 6) is 2.75. The van der Waals surface area contributed by atoms with Crippen LogP contribution in [0.4, 0.5) is 0 Å². The fraction of sp³-hybridized carbons (Fsp3) is 0.368. The fourth-order valence-electron chi connectivity index (χ4n) is 2.61. The molecular formula is C19H24O3. The van der Waals surface area contributed by atoms with E-state index in [4.69, 9.17) is 14.2 Å². The van der Waals surface area contributed by atoms with Crippen molar-refractivity contribution in [2.75, 3.05) is 21.3 Å². The van der Waals surface area contributed by atoms with Crippen molar-refractivity contribution >= 4 is 0 Å². The van der Waals surface area contributed by atoms with Crippen molar-refractivity contribution in [2.45, 2.75) is 26.7 Å². The molecule has 0 atom stereocenters. The Morgan fingerprint density at radius 3 is 1.95 bits per heavy atom. The van der Waals surface area contributed by atoms with Gasteiger partial charge in [-0.2, -0.15) is 0 Å². The van der Waals surface area contributed by atoms with Crippen molar-refractivity contribution in [1.29, 1.82) is 0 Å². The van der Waals surface area contributed by atoms with E-state index in [1.54, 1.807) is 21.3 Å². The topological polar surface area (TPSA) is 27.7 Å². The lowest BCUT2D eigenvalue weighted by atomic mass is 10.0. The molecule has 118 valence electrons. The van der Waals surface area contributed by atoms with Gasteiger partial charge in [-0.3, -0.25) is 0 Å². The zero-order valence-corrected chi connectivity index (χ0v) is 14.0. The smallest absolute Gasteiger partial charge is 0.122 e. The fourth-order valence-corrected chi connectivity index (χ4v) is 2.61. The predicted octanol–water partition coefficient (Wildman–Crippen LogP) is 4.11. The molecular weight excluding hydrogens is 276 g/mol. The molecule has 0 aliphatic carbocycles. The third-order valence-electron chi connectivity index (χ3n) is 3.95. The van der Waals surface area contributed by atoms with Crippen LogP contribution in [-0.4, -0.2) is 21.3 Å². The Hall–Kier alpha value is -2.16. The van der Waals surface area contributed by atoms with E-state index in [1.807, 2.05) is 13.0 Å². The number of ether oxygens (including phenoxy) is 3. The highest BCUT2D eigenvalue weighted by Gasteiger charge is 2.09.